The summed E-state index contributed by atoms with van der Waals surface area (Å²) in [4.78, 5) is 21.5. The standard InChI is InChI=1S/C24H25F2N3O3S/c1-4-28(5-2)10-11-29(24-27-21-17(26)13-16(25)14-20(21)33-24)23(30)19-12-15-8-7-9-18(31-6-3)22(15)32-19/h7-9,12-14H,4-6,10-11H2,1-3H3. The van der Waals surface area contributed by atoms with Crippen molar-refractivity contribution in [1.29, 1.82) is 0 Å². The number of amides is 1. The van der Waals surface area contributed by atoms with Gasteiger partial charge in [-0.1, -0.05) is 37.3 Å². The highest BCUT2D eigenvalue weighted by Crippen LogP contribution is 2.34. The Bertz CT molecular complexity index is 1280. The molecular formula is C24H25F2N3O3S. The lowest BCUT2D eigenvalue weighted by molar-refractivity contribution is 0.0959. The van der Waals surface area contributed by atoms with Crippen molar-refractivity contribution in [1.82, 2.24) is 9.88 Å². The van der Waals surface area contributed by atoms with Crippen LogP contribution in [-0.2, 0) is 0 Å². The van der Waals surface area contributed by atoms with E-state index < -0.39 is 17.5 Å². The Labute approximate surface area is 194 Å². The summed E-state index contributed by atoms with van der Waals surface area (Å²) in [7, 11) is 0. The predicted molar refractivity (Wildman–Crippen MR) is 126 cm³/mol. The van der Waals surface area contributed by atoms with Gasteiger partial charge in [-0.15, -0.1) is 0 Å². The Hall–Kier alpha value is -3.04. The second kappa shape index (κ2) is 9.84. The number of aromatic nitrogens is 1. The third-order valence-electron chi connectivity index (χ3n) is 5.43. The van der Waals surface area contributed by atoms with Gasteiger partial charge in [-0.25, -0.2) is 13.8 Å². The molecule has 4 aromatic rings. The van der Waals surface area contributed by atoms with Crippen LogP contribution in [-0.4, -0.2) is 48.6 Å². The molecule has 2 heterocycles. The second-order valence-corrected chi connectivity index (χ2v) is 8.44. The quantitative estimate of drug-likeness (QED) is 0.312. The fourth-order valence-corrected chi connectivity index (χ4v) is 4.70. The summed E-state index contributed by atoms with van der Waals surface area (Å²) >= 11 is 1.07. The lowest BCUT2D eigenvalue weighted by Crippen LogP contribution is -2.38. The zero-order chi connectivity index (χ0) is 23.5. The van der Waals surface area contributed by atoms with Gasteiger partial charge >= 0.3 is 0 Å². The summed E-state index contributed by atoms with van der Waals surface area (Å²) in [6, 6.07) is 9.14. The minimum absolute atomic E-state index is 0.0419. The number of carbonyl (C=O) groups excluding carboxylic acids is 1. The molecule has 0 saturated carbocycles. The van der Waals surface area contributed by atoms with Gasteiger partial charge in [-0.2, -0.15) is 0 Å². The van der Waals surface area contributed by atoms with E-state index in [0.29, 0.717) is 35.7 Å². The van der Waals surface area contributed by atoms with E-state index in [0.717, 1.165) is 35.9 Å². The molecule has 0 N–H and O–H groups in total. The van der Waals surface area contributed by atoms with Gasteiger partial charge in [0.1, 0.15) is 11.3 Å². The number of rotatable bonds is 9. The number of ether oxygens (including phenoxy) is 1. The van der Waals surface area contributed by atoms with Gasteiger partial charge in [0.05, 0.1) is 11.3 Å². The van der Waals surface area contributed by atoms with E-state index >= 15 is 0 Å². The monoisotopic (exact) mass is 473 g/mol. The first-order valence-corrected chi connectivity index (χ1v) is 11.7. The van der Waals surface area contributed by atoms with Crippen LogP contribution >= 0.6 is 11.3 Å². The Morgan fingerprint density at radius 3 is 2.64 bits per heavy atom. The van der Waals surface area contributed by atoms with E-state index in [4.69, 9.17) is 9.15 Å². The molecule has 1 amide bonds. The molecule has 174 valence electrons. The largest absolute Gasteiger partial charge is 0.490 e. The van der Waals surface area contributed by atoms with Crippen LogP contribution in [0.15, 0.2) is 40.8 Å². The van der Waals surface area contributed by atoms with E-state index in [-0.39, 0.29) is 16.4 Å². The van der Waals surface area contributed by atoms with Gasteiger partial charge in [0.15, 0.2) is 28.0 Å². The Balaban J connectivity index is 1.74. The molecule has 0 aliphatic rings. The van der Waals surface area contributed by atoms with Gasteiger partial charge in [0, 0.05) is 24.5 Å². The smallest absolute Gasteiger partial charge is 0.295 e. The molecule has 33 heavy (non-hydrogen) atoms. The summed E-state index contributed by atoms with van der Waals surface area (Å²) in [5.41, 5.74) is 0.532. The van der Waals surface area contributed by atoms with Crippen molar-refractivity contribution in [3.05, 3.63) is 53.8 Å². The average Bonchev–Trinajstić information content (AvgIpc) is 3.42. The number of fused-ring (bicyclic) bond motifs is 2. The van der Waals surface area contributed by atoms with E-state index in [1.54, 1.807) is 12.1 Å². The van der Waals surface area contributed by atoms with E-state index in [2.05, 4.69) is 9.88 Å². The molecule has 6 nitrogen and oxygen atoms in total. The molecule has 0 saturated heterocycles. The molecule has 0 bridgehead atoms. The summed E-state index contributed by atoms with van der Waals surface area (Å²) in [5.74, 6) is -1.16. The van der Waals surface area contributed by atoms with E-state index in [1.807, 2.05) is 32.9 Å². The highest BCUT2D eigenvalue weighted by molar-refractivity contribution is 7.22. The Morgan fingerprint density at radius 2 is 1.91 bits per heavy atom. The van der Waals surface area contributed by atoms with Crippen LogP contribution in [0.2, 0.25) is 0 Å². The molecule has 0 unspecified atom stereocenters. The van der Waals surface area contributed by atoms with Crippen LogP contribution in [0.1, 0.15) is 31.3 Å². The van der Waals surface area contributed by atoms with Crippen LogP contribution in [0.25, 0.3) is 21.2 Å². The summed E-state index contributed by atoms with van der Waals surface area (Å²) < 4.78 is 39.9. The third kappa shape index (κ3) is 4.69. The molecule has 4 rings (SSSR count). The van der Waals surface area contributed by atoms with Crippen LogP contribution in [0, 0.1) is 11.6 Å². The van der Waals surface area contributed by atoms with Crippen LogP contribution in [0.4, 0.5) is 13.9 Å². The lowest BCUT2D eigenvalue weighted by Gasteiger charge is -2.24. The Kier molecular flexibility index (Phi) is 6.90. The molecule has 2 aromatic carbocycles. The molecule has 0 atom stereocenters. The zero-order valence-corrected chi connectivity index (χ0v) is 19.5. The van der Waals surface area contributed by atoms with Crippen LogP contribution < -0.4 is 9.64 Å². The molecule has 0 aliphatic heterocycles. The number of furan rings is 1. The predicted octanol–water partition coefficient (Wildman–Crippen LogP) is 5.71. The van der Waals surface area contributed by atoms with Crippen molar-refractivity contribution >= 4 is 43.6 Å². The lowest BCUT2D eigenvalue weighted by atomic mass is 10.2. The zero-order valence-electron chi connectivity index (χ0n) is 18.7. The number of nitrogens with zero attached hydrogens (tertiary/aromatic N) is 3. The summed E-state index contributed by atoms with van der Waals surface area (Å²) in [6.07, 6.45) is 0. The molecular weight excluding hydrogens is 448 g/mol. The first kappa shape index (κ1) is 23.1. The molecule has 2 aromatic heterocycles. The number of carbonyl (C=O) groups is 1. The number of benzene rings is 2. The average molecular weight is 474 g/mol. The highest BCUT2D eigenvalue weighted by atomic mass is 32.1. The van der Waals surface area contributed by atoms with Crippen molar-refractivity contribution in [3.8, 4) is 5.75 Å². The fraction of sp³-hybridized carbons (Fsp3) is 0.333. The van der Waals surface area contributed by atoms with Crippen molar-refractivity contribution < 1.29 is 22.7 Å². The normalized spacial score (nSPS) is 11.6. The number of para-hydroxylation sites is 1. The number of anilines is 1. The number of hydrogen-bond donors (Lipinski definition) is 0. The third-order valence-corrected chi connectivity index (χ3v) is 6.46. The summed E-state index contributed by atoms with van der Waals surface area (Å²) in [5, 5.41) is 1.03. The SMILES string of the molecule is CCOc1cccc2cc(C(=O)N(CCN(CC)CC)c3nc4c(F)cc(F)cc4s3)oc12. The van der Waals surface area contributed by atoms with E-state index in [9.17, 15) is 13.6 Å². The topological polar surface area (TPSA) is 58.8 Å². The van der Waals surface area contributed by atoms with E-state index in [1.165, 1.54) is 11.0 Å². The van der Waals surface area contributed by atoms with Crippen LogP contribution in [0.3, 0.4) is 0 Å². The highest BCUT2D eigenvalue weighted by Gasteiger charge is 2.26. The van der Waals surface area contributed by atoms with Crippen molar-refractivity contribution in [3.63, 3.8) is 0 Å². The van der Waals surface area contributed by atoms with Gasteiger partial charge in [-0.05, 0) is 38.2 Å². The van der Waals surface area contributed by atoms with Crippen molar-refractivity contribution in [2.45, 2.75) is 20.8 Å². The summed E-state index contributed by atoms with van der Waals surface area (Å²) in [6.45, 7) is 8.97. The minimum atomic E-state index is -0.756. The van der Waals surface area contributed by atoms with Gasteiger partial charge in [0.2, 0.25) is 0 Å². The molecule has 9 heteroatoms. The first-order chi connectivity index (χ1) is 15.9. The van der Waals surface area contributed by atoms with Crippen LogP contribution in [0.5, 0.6) is 5.75 Å². The maximum atomic E-state index is 14.3. The molecule has 0 radical (unpaired) electrons. The Morgan fingerprint density at radius 1 is 1.12 bits per heavy atom. The number of likely N-dealkylation sites (N-methyl/N-ethyl adjacent to an activating group) is 1. The van der Waals surface area contributed by atoms with Gasteiger partial charge in [-0.3, -0.25) is 9.69 Å². The fourth-order valence-electron chi connectivity index (χ4n) is 3.67. The van der Waals surface area contributed by atoms with Gasteiger partial charge < -0.3 is 14.1 Å². The van der Waals surface area contributed by atoms with Gasteiger partial charge in [0.25, 0.3) is 5.91 Å². The van der Waals surface area contributed by atoms with Crippen molar-refractivity contribution in [2.75, 3.05) is 37.7 Å². The second-order valence-electron chi connectivity index (χ2n) is 7.43. The number of halogens is 2. The minimum Gasteiger partial charge on any atom is -0.490 e. The maximum absolute atomic E-state index is 14.3. The number of thiazole rings is 1. The first-order valence-electron chi connectivity index (χ1n) is 10.9. The molecule has 0 fully saturated rings. The maximum Gasteiger partial charge on any atom is 0.295 e. The molecule has 0 spiro atoms. The molecule has 0 aliphatic carbocycles. The number of hydrogen-bond acceptors (Lipinski definition) is 6. The van der Waals surface area contributed by atoms with Crippen molar-refractivity contribution in [2.24, 2.45) is 0 Å².